The van der Waals surface area contributed by atoms with Crippen LogP contribution in [0.25, 0.3) is 0 Å². The van der Waals surface area contributed by atoms with E-state index in [1.807, 2.05) is 0 Å². The minimum Gasteiger partial charge on any atom is -0.481 e. The van der Waals surface area contributed by atoms with Crippen LogP contribution >= 0.6 is 0 Å². The summed E-state index contributed by atoms with van der Waals surface area (Å²) < 4.78 is 6.80. The normalized spacial score (nSPS) is 25.4. The highest BCUT2D eigenvalue weighted by atomic mass is 16.5. The number of aliphatic carboxylic acids is 1. The van der Waals surface area contributed by atoms with Gasteiger partial charge in [-0.3, -0.25) is 9.48 Å². The number of nitrogens with zero attached hydrogens (tertiary/aromatic N) is 2. The number of amides is 2. The Balaban J connectivity index is 1.86. The molecule has 0 bridgehead atoms. The molecule has 0 radical (unpaired) electrons. The molecule has 110 valence electrons. The van der Waals surface area contributed by atoms with Gasteiger partial charge < -0.3 is 20.5 Å². The van der Waals surface area contributed by atoms with Gasteiger partial charge >= 0.3 is 12.0 Å². The van der Waals surface area contributed by atoms with Gasteiger partial charge in [-0.25, -0.2) is 4.79 Å². The van der Waals surface area contributed by atoms with E-state index in [-0.39, 0.29) is 19.8 Å². The fourth-order valence-electron chi connectivity index (χ4n) is 2.02. The summed E-state index contributed by atoms with van der Waals surface area (Å²) in [6.07, 6.45) is 1.78. The van der Waals surface area contributed by atoms with Crippen LogP contribution < -0.4 is 10.6 Å². The highest BCUT2D eigenvalue weighted by Gasteiger charge is 2.47. The SMILES string of the molecule is Cn1ccc(CNC(=O)NC2COCC2(C)C(=O)O)n1. The number of aromatic nitrogens is 2. The molecule has 2 unspecified atom stereocenters. The first kappa shape index (κ1) is 14.3. The number of carboxylic acid groups (broad SMARTS) is 1. The summed E-state index contributed by atoms with van der Waals surface area (Å²) in [6, 6.07) is 0.808. The molecule has 0 saturated carbocycles. The van der Waals surface area contributed by atoms with Crippen molar-refractivity contribution < 1.29 is 19.4 Å². The topological polar surface area (TPSA) is 105 Å². The summed E-state index contributed by atoms with van der Waals surface area (Å²) in [5.74, 6) is -0.981. The lowest BCUT2D eigenvalue weighted by molar-refractivity contribution is -0.148. The molecule has 1 aliphatic heterocycles. The second-order valence-electron chi connectivity index (χ2n) is 5.10. The van der Waals surface area contributed by atoms with Crippen LogP contribution in [-0.4, -0.2) is 46.1 Å². The number of rotatable bonds is 4. The van der Waals surface area contributed by atoms with Crippen LogP contribution in [0.1, 0.15) is 12.6 Å². The molecule has 1 fully saturated rings. The van der Waals surface area contributed by atoms with Gasteiger partial charge in [0.1, 0.15) is 5.41 Å². The second-order valence-corrected chi connectivity index (χ2v) is 5.10. The molecule has 3 N–H and O–H groups in total. The van der Waals surface area contributed by atoms with Crippen molar-refractivity contribution in [1.29, 1.82) is 0 Å². The maximum atomic E-state index is 11.8. The van der Waals surface area contributed by atoms with Crippen LogP contribution in [0.5, 0.6) is 0 Å². The molecular weight excluding hydrogens is 264 g/mol. The fourth-order valence-corrected chi connectivity index (χ4v) is 2.02. The van der Waals surface area contributed by atoms with Gasteiger partial charge in [-0.1, -0.05) is 0 Å². The standard InChI is InChI=1S/C12H18N4O4/c1-12(10(17)18)7-20-6-9(12)14-11(19)13-5-8-3-4-16(2)15-8/h3-4,9H,5-7H2,1-2H3,(H,17,18)(H2,13,14,19). The number of urea groups is 1. The third-order valence-corrected chi connectivity index (χ3v) is 3.45. The maximum Gasteiger partial charge on any atom is 0.315 e. The predicted molar refractivity (Wildman–Crippen MR) is 68.9 cm³/mol. The van der Waals surface area contributed by atoms with Gasteiger partial charge in [0.2, 0.25) is 0 Å². The Labute approximate surface area is 116 Å². The lowest BCUT2D eigenvalue weighted by Crippen LogP contribution is -2.52. The van der Waals surface area contributed by atoms with Gasteiger partial charge in [0.05, 0.1) is 31.5 Å². The first-order chi connectivity index (χ1) is 9.41. The second kappa shape index (κ2) is 5.49. The molecule has 8 heteroatoms. The molecule has 1 saturated heterocycles. The van der Waals surface area contributed by atoms with E-state index in [1.54, 1.807) is 30.9 Å². The predicted octanol–water partition coefficient (Wildman–Crippen LogP) is -0.291. The molecule has 1 aromatic heterocycles. The number of carboxylic acids is 1. The Bertz CT molecular complexity index is 515. The zero-order valence-corrected chi connectivity index (χ0v) is 11.4. The number of carbonyl (C=O) groups is 2. The zero-order valence-electron chi connectivity index (χ0n) is 11.4. The van der Waals surface area contributed by atoms with E-state index in [1.165, 1.54) is 0 Å². The van der Waals surface area contributed by atoms with E-state index in [4.69, 9.17) is 4.74 Å². The van der Waals surface area contributed by atoms with Gasteiger partial charge in [-0.15, -0.1) is 0 Å². The lowest BCUT2D eigenvalue weighted by Gasteiger charge is -2.25. The average molecular weight is 282 g/mol. The van der Waals surface area contributed by atoms with Crippen molar-refractivity contribution in [3.63, 3.8) is 0 Å². The zero-order chi connectivity index (χ0) is 14.8. The smallest absolute Gasteiger partial charge is 0.315 e. The van der Waals surface area contributed by atoms with Crippen molar-refractivity contribution in [1.82, 2.24) is 20.4 Å². The average Bonchev–Trinajstić information content (AvgIpc) is 2.95. The van der Waals surface area contributed by atoms with E-state index in [0.29, 0.717) is 0 Å². The van der Waals surface area contributed by atoms with E-state index >= 15 is 0 Å². The molecule has 2 amide bonds. The summed E-state index contributed by atoms with van der Waals surface area (Å²) in [4.78, 5) is 23.0. The highest BCUT2D eigenvalue weighted by molar-refractivity contribution is 5.79. The van der Waals surface area contributed by atoms with Gasteiger partial charge in [0, 0.05) is 13.2 Å². The van der Waals surface area contributed by atoms with Crippen LogP contribution in [0.4, 0.5) is 4.79 Å². The molecule has 20 heavy (non-hydrogen) atoms. The number of ether oxygens (including phenoxy) is 1. The monoisotopic (exact) mass is 282 g/mol. The largest absolute Gasteiger partial charge is 0.481 e. The Morgan fingerprint density at radius 1 is 1.65 bits per heavy atom. The summed E-state index contributed by atoms with van der Waals surface area (Å²) in [5, 5.41) is 18.6. The number of hydrogen-bond donors (Lipinski definition) is 3. The molecule has 0 spiro atoms. The van der Waals surface area contributed by atoms with E-state index in [2.05, 4.69) is 15.7 Å². The highest BCUT2D eigenvalue weighted by Crippen LogP contribution is 2.28. The van der Waals surface area contributed by atoms with Crippen molar-refractivity contribution in [2.24, 2.45) is 12.5 Å². The Morgan fingerprint density at radius 3 is 3.00 bits per heavy atom. The maximum absolute atomic E-state index is 11.8. The van der Waals surface area contributed by atoms with E-state index < -0.39 is 23.5 Å². The molecule has 0 aromatic carbocycles. The van der Waals surface area contributed by atoms with Gasteiger partial charge in [0.25, 0.3) is 0 Å². The summed E-state index contributed by atoms with van der Waals surface area (Å²) in [6.45, 7) is 2.13. The number of nitrogens with one attached hydrogen (secondary N) is 2. The first-order valence-electron chi connectivity index (χ1n) is 6.26. The Morgan fingerprint density at radius 2 is 2.40 bits per heavy atom. The van der Waals surface area contributed by atoms with Crippen molar-refractivity contribution >= 4 is 12.0 Å². The van der Waals surface area contributed by atoms with Crippen molar-refractivity contribution in [2.75, 3.05) is 13.2 Å². The summed E-state index contributed by atoms with van der Waals surface area (Å²) >= 11 is 0. The molecule has 2 heterocycles. The number of aryl methyl sites for hydroxylation is 1. The van der Waals surface area contributed by atoms with Gasteiger partial charge in [-0.05, 0) is 13.0 Å². The first-order valence-corrected chi connectivity index (χ1v) is 6.26. The van der Waals surface area contributed by atoms with Crippen LogP contribution in [0.3, 0.4) is 0 Å². The molecule has 2 rings (SSSR count). The van der Waals surface area contributed by atoms with Gasteiger partial charge in [0.15, 0.2) is 0 Å². The molecular formula is C12H18N4O4. The van der Waals surface area contributed by atoms with Crippen molar-refractivity contribution in [2.45, 2.75) is 19.5 Å². The minimum atomic E-state index is -1.09. The third kappa shape index (κ3) is 2.90. The van der Waals surface area contributed by atoms with Crippen LogP contribution in [0.15, 0.2) is 12.3 Å². The number of carbonyl (C=O) groups excluding carboxylic acids is 1. The summed E-state index contributed by atoms with van der Waals surface area (Å²) in [5.41, 5.74) is -0.367. The van der Waals surface area contributed by atoms with E-state index in [0.717, 1.165) is 5.69 Å². The van der Waals surface area contributed by atoms with Crippen molar-refractivity contribution in [3.05, 3.63) is 18.0 Å². The van der Waals surface area contributed by atoms with Crippen LogP contribution in [0, 0.1) is 5.41 Å². The van der Waals surface area contributed by atoms with E-state index in [9.17, 15) is 14.7 Å². The molecule has 0 aliphatic carbocycles. The molecule has 1 aromatic rings. The van der Waals surface area contributed by atoms with Crippen LogP contribution in [0.2, 0.25) is 0 Å². The number of hydrogen-bond acceptors (Lipinski definition) is 4. The quantitative estimate of drug-likeness (QED) is 0.703. The van der Waals surface area contributed by atoms with Gasteiger partial charge in [-0.2, -0.15) is 5.10 Å². The molecule has 1 aliphatic rings. The Kier molecular flexibility index (Phi) is 3.93. The minimum absolute atomic E-state index is 0.0908. The third-order valence-electron chi connectivity index (χ3n) is 3.45. The molecule has 2 atom stereocenters. The summed E-state index contributed by atoms with van der Waals surface area (Å²) in [7, 11) is 1.79. The molecule has 8 nitrogen and oxygen atoms in total. The lowest BCUT2D eigenvalue weighted by atomic mass is 9.85. The van der Waals surface area contributed by atoms with Crippen LogP contribution in [-0.2, 0) is 23.1 Å². The Hall–Kier alpha value is -2.09. The fraction of sp³-hybridized carbons (Fsp3) is 0.583. The van der Waals surface area contributed by atoms with Crippen molar-refractivity contribution in [3.8, 4) is 0 Å².